The van der Waals surface area contributed by atoms with Crippen LogP contribution in [0, 0.1) is 0 Å². The second-order valence-electron chi connectivity index (χ2n) is 15.9. The lowest BCUT2D eigenvalue weighted by Gasteiger charge is -2.27. The number of aryl methyl sites for hydroxylation is 1. The number of aromatic nitrogens is 3. The van der Waals surface area contributed by atoms with Gasteiger partial charge in [0.1, 0.15) is 7.05 Å². The normalized spacial score (nSPS) is 16.5. The van der Waals surface area contributed by atoms with E-state index >= 15 is 0 Å². The third kappa shape index (κ3) is 11.1. The quantitative estimate of drug-likeness (QED) is 0.0181. The first kappa shape index (κ1) is 45.9. The van der Waals surface area contributed by atoms with E-state index in [0.717, 1.165) is 58.9 Å². The van der Waals surface area contributed by atoms with E-state index in [4.69, 9.17) is 5.53 Å². The van der Waals surface area contributed by atoms with E-state index in [1.54, 1.807) is 16.8 Å². The monoisotopic (exact) mass is 863 g/mol. The molecular weight excluding hydrogens is 809 g/mol. The third-order valence-corrected chi connectivity index (χ3v) is 12.6. The molecule has 3 aromatic rings. The molecule has 2 aromatic carbocycles. The number of hydrogen-bond donors (Lipinski definition) is 4. The van der Waals surface area contributed by atoms with Crippen LogP contribution in [0.3, 0.4) is 0 Å². The van der Waals surface area contributed by atoms with Gasteiger partial charge in [-0.2, -0.15) is 21.4 Å². The molecule has 0 spiro atoms. The molecular formula is C41H55N10O7S2+. The molecule has 322 valence electrons. The second-order valence-corrected chi connectivity index (χ2v) is 18.8. The maximum atomic E-state index is 12.6. The van der Waals surface area contributed by atoms with Crippen molar-refractivity contribution < 1.29 is 35.3 Å². The standard InChI is InChI=1S/C41H54N10O7S2/c1-40(2)33-26-31(59(53,54)55)17-19-35(33)49(5)37(40)14-8-6-9-15-38-41(3,4)34-27-32(60(56,57)58)18-20-36(34)51(38)25-11-7-10-16-39(52)44-22-13-24-50-29-30(46-48-50)28-43-21-12-23-45-47-42/h6,8-9,14-15,17-20,26-27,29,43H,7,10-13,16,21-25,28H2,1-5H3,(H2-,44,52,53,54,55,56,57,58)/p+1. The SMILES string of the molecule is C[N+]1=C(C=CC=CC=C2N(CCCCCC(=O)NCCCn3cc(CNCCCN=[N+]=[N-])nn3)c3ccc(S(=O)(=O)O)cc3C2(C)C)C(C)(C)c2cc(S(=O)(=O)O)ccc21. The summed E-state index contributed by atoms with van der Waals surface area (Å²) in [5.41, 5.74) is 13.2. The summed E-state index contributed by atoms with van der Waals surface area (Å²) in [6, 6.07) is 9.27. The number of allylic oxidation sites excluding steroid dienone is 6. The van der Waals surface area contributed by atoms with Crippen LogP contribution in [-0.2, 0) is 49.0 Å². The maximum Gasteiger partial charge on any atom is 0.294 e. The molecule has 1 aromatic heterocycles. The summed E-state index contributed by atoms with van der Waals surface area (Å²) in [6.07, 6.45) is 15.7. The first-order valence-electron chi connectivity index (χ1n) is 19.9. The molecule has 3 heterocycles. The molecule has 17 nitrogen and oxygen atoms in total. The van der Waals surface area contributed by atoms with Gasteiger partial charge in [0, 0.05) is 84.8 Å². The Hall–Kier alpha value is -5.17. The van der Waals surface area contributed by atoms with E-state index in [0.29, 0.717) is 58.5 Å². The summed E-state index contributed by atoms with van der Waals surface area (Å²) >= 11 is 0. The number of fused-ring (bicyclic) bond motifs is 2. The van der Waals surface area contributed by atoms with Crippen LogP contribution in [0.5, 0.6) is 0 Å². The average molecular weight is 864 g/mol. The van der Waals surface area contributed by atoms with Crippen LogP contribution in [0.15, 0.2) is 93.6 Å². The van der Waals surface area contributed by atoms with Gasteiger partial charge < -0.3 is 15.5 Å². The Morgan fingerprint density at radius 2 is 1.62 bits per heavy atom. The highest BCUT2D eigenvalue weighted by molar-refractivity contribution is 7.86. The predicted molar refractivity (Wildman–Crippen MR) is 230 cm³/mol. The zero-order chi connectivity index (χ0) is 43.7. The zero-order valence-corrected chi connectivity index (χ0v) is 36.4. The van der Waals surface area contributed by atoms with Crippen molar-refractivity contribution in [3.63, 3.8) is 0 Å². The number of nitrogens with zero attached hydrogens (tertiary/aromatic N) is 8. The van der Waals surface area contributed by atoms with E-state index in [9.17, 15) is 30.7 Å². The molecule has 19 heteroatoms. The van der Waals surface area contributed by atoms with Crippen LogP contribution in [0.1, 0.15) is 83.0 Å². The van der Waals surface area contributed by atoms with Gasteiger partial charge in [-0.05, 0) is 93.6 Å². The van der Waals surface area contributed by atoms with Gasteiger partial charge in [-0.25, -0.2) is 0 Å². The van der Waals surface area contributed by atoms with Crippen molar-refractivity contribution in [2.75, 3.05) is 38.1 Å². The van der Waals surface area contributed by atoms with Gasteiger partial charge in [0.05, 0.1) is 20.9 Å². The summed E-state index contributed by atoms with van der Waals surface area (Å²) in [7, 11) is -6.85. The van der Waals surface area contributed by atoms with Crippen molar-refractivity contribution in [2.45, 2.75) is 99.9 Å². The number of azide groups is 1. The Balaban J connectivity index is 1.15. The van der Waals surface area contributed by atoms with Gasteiger partial charge in [0.25, 0.3) is 20.2 Å². The summed E-state index contributed by atoms with van der Waals surface area (Å²) < 4.78 is 71.0. The van der Waals surface area contributed by atoms with Crippen molar-refractivity contribution in [1.29, 1.82) is 0 Å². The van der Waals surface area contributed by atoms with Crippen LogP contribution in [0.25, 0.3) is 10.4 Å². The number of rotatable bonds is 21. The lowest BCUT2D eigenvalue weighted by atomic mass is 9.81. The number of unbranched alkanes of at least 4 members (excludes halogenated alkanes) is 2. The minimum absolute atomic E-state index is 0.0135. The van der Waals surface area contributed by atoms with Crippen molar-refractivity contribution in [1.82, 2.24) is 25.6 Å². The number of benzene rings is 2. The lowest BCUT2D eigenvalue weighted by Crippen LogP contribution is -2.27. The van der Waals surface area contributed by atoms with E-state index in [1.807, 2.05) is 75.9 Å². The molecule has 1 amide bonds. The number of hydrogen-bond acceptors (Lipinski definition) is 10. The number of nitrogens with one attached hydrogen (secondary N) is 2. The Bertz CT molecular complexity index is 2460. The molecule has 0 saturated carbocycles. The molecule has 0 radical (unpaired) electrons. The topological polar surface area (TPSA) is 236 Å². The fourth-order valence-electron chi connectivity index (χ4n) is 7.74. The number of amides is 1. The van der Waals surface area contributed by atoms with Crippen LogP contribution in [0.4, 0.5) is 11.4 Å². The van der Waals surface area contributed by atoms with Crippen molar-refractivity contribution in [3.8, 4) is 0 Å². The number of carbonyl (C=O) groups is 1. The largest absolute Gasteiger partial charge is 0.356 e. The first-order chi connectivity index (χ1) is 28.4. The highest BCUT2D eigenvalue weighted by Crippen LogP contribution is 2.48. The smallest absolute Gasteiger partial charge is 0.294 e. The molecule has 5 rings (SSSR count). The number of carbonyl (C=O) groups excluding carboxylic acids is 1. The first-order valence-corrected chi connectivity index (χ1v) is 22.8. The van der Waals surface area contributed by atoms with E-state index in [2.05, 4.69) is 35.9 Å². The highest BCUT2D eigenvalue weighted by atomic mass is 32.2. The van der Waals surface area contributed by atoms with Gasteiger partial charge in [-0.15, -0.1) is 5.10 Å². The maximum absolute atomic E-state index is 12.6. The molecule has 2 aliphatic rings. The summed E-state index contributed by atoms with van der Waals surface area (Å²) in [5.74, 6) is -0.0135. The van der Waals surface area contributed by atoms with Crippen molar-refractivity contribution in [2.24, 2.45) is 5.11 Å². The third-order valence-electron chi connectivity index (χ3n) is 10.9. The summed E-state index contributed by atoms with van der Waals surface area (Å²) in [4.78, 5) is 17.2. The minimum atomic E-state index is -4.41. The minimum Gasteiger partial charge on any atom is -0.356 e. The zero-order valence-electron chi connectivity index (χ0n) is 34.7. The van der Waals surface area contributed by atoms with Gasteiger partial charge in [-0.3, -0.25) is 18.6 Å². The molecule has 0 aliphatic carbocycles. The predicted octanol–water partition coefficient (Wildman–Crippen LogP) is 6.13. The van der Waals surface area contributed by atoms with Crippen LogP contribution >= 0.6 is 0 Å². The molecule has 0 unspecified atom stereocenters. The van der Waals surface area contributed by atoms with E-state index < -0.39 is 31.1 Å². The van der Waals surface area contributed by atoms with Crippen LogP contribution in [0.2, 0.25) is 0 Å². The molecule has 0 bridgehead atoms. The van der Waals surface area contributed by atoms with Crippen molar-refractivity contribution in [3.05, 3.63) is 106 Å². The fraction of sp³-hybridized carbons (Fsp3) is 0.463. The Labute approximate surface area is 352 Å². The second kappa shape index (κ2) is 19.5. The van der Waals surface area contributed by atoms with Crippen molar-refractivity contribution >= 4 is 43.2 Å². The van der Waals surface area contributed by atoms with E-state index in [1.165, 1.54) is 24.3 Å². The van der Waals surface area contributed by atoms with Gasteiger partial charge in [0.15, 0.2) is 5.71 Å². The lowest BCUT2D eigenvalue weighted by molar-refractivity contribution is -0.401. The molecule has 0 fully saturated rings. The Morgan fingerprint density at radius 1 is 0.900 bits per heavy atom. The summed E-state index contributed by atoms with van der Waals surface area (Å²) in [6.45, 7) is 11.5. The highest BCUT2D eigenvalue weighted by Gasteiger charge is 2.44. The molecule has 4 N–H and O–H groups in total. The Kier molecular flexibility index (Phi) is 14.9. The molecule has 0 saturated heterocycles. The van der Waals surface area contributed by atoms with Crippen LogP contribution < -0.4 is 15.5 Å². The van der Waals surface area contributed by atoms with Crippen LogP contribution in [-0.4, -0.2) is 90.4 Å². The molecule has 60 heavy (non-hydrogen) atoms. The average Bonchev–Trinajstić information content (AvgIpc) is 3.78. The molecule has 2 aliphatic heterocycles. The van der Waals surface area contributed by atoms with Gasteiger partial charge >= 0.3 is 0 Å². The molecule has 0 atom stereocenters. The van der Waals surface area contributed by atoms with Gasteiger partial charge in [0.2, 0.25) is 11.6 Å². The summed E-state index contributed by atoms with van der Waals surface area (Å²) in [5, 5.41) is 18.0. The number of anilines is 1. The van der Waals surface area contributed by atoms with Gasteiger partial charge in [-0.1, -0.05) is 48.8 Å². The van der Waals surface area contributed by atoms with E-state index in [-0.39, 0.29) is 15.7 Å². The fourth-order valence-corrected chi connectivity index (χ4v) is 8.76. The Morgan fingerprint density at radius 3 is 2.33 bits per heavy atom.